The molecule has 0 saturated heterocycles. The number of nitrogens with two attached hydrogens (primary N) is 1. The SMILES string of the molecule is NC(=O)c1cnn2c1NC1=C(C(=O)CCC1)[C@@H]2c1ccc(O)c(O)c1. The molecule has 1 amide bonds. The molecule has 1 atom stereocenters. The summed E-state index contributed by atoms with van der Waals surface area (Å²) >= 11 is 0. The Kier molecular flexibility index (Phi) is 3.28. The Balaban J connectivity index is 1.95. The number of phenols is 2. The lowest BCUT2D eigenvalue weighted by Gasteiger charge is -2.33. The van der Waals surface area contributed by atoms with Gasteiger partial charge < -0.3 is 21.3 Å². The molecule has 0 spiro atoms. The smallest absolute Gasteiger partial charge is 0.254 e. The first-order valence-electron chi connectivity index (χ1n) is 7.90. The van der Waals surface area contributed by atoms with Crippen molar-refractivity contribution in [3.05, 3.63) is 46.8 Å². The van der Waals surface area contributed by atoms with Crippen molar-refractivity contribution in [3.8, 4) is 11.5 Å². The fourth-order valence-electron chi connectivity index (χ4n) is 3.46. The van der Waals surface area contributed by atoms with Gasteiger partial charge in [-0.1, -0.05) is 6.07 Å². The topological polar surface area (TPSA) is 130 Å². The Morgan fingerprint density at radius 3 is 2.80 bits per heavy atom. The highest BCUT2D eigenvalue weighted by molar-refractivity contribution is 6.02. The second kappa shape index (κ2) is 5.37. The zero-order valence-electron chi connectivity index (χ0n) is 13.2. The van der Waals surface area contributed by atoms with Crippen LogP contribution < -0.4 is 11.1 Å². The number of phenolic OH excluding ortho intramolecular Hbond substituents is 2. The molecule has 1 aliphatic carbocycles. The number of amides is 1. The van der Waals surface area contributed by atoms with E-state index in [1.54, 1.807) is 6.07 Å². The maximum Gasteiger partial charge on any atom is 0.254 e. The molecule has 2 aromatic rings. The molecule has 8 nitrogen and oxygen atoms in total. The number of carbonyl (C=O) groups is 2. The number of aromatic hydroxyl groups is 2. The first-order valence-corrected chi connectivity index (χ1v) is 7.90. The number of fused-ring (bicyclic) bond motifs is 1. The Labute approximate surface area is 142 Å². The maximum atomic E-state index is 12.6. The number of nitrogens with one attached hydrogen (secondary N) is 1. The van der Waals surface area contributed by atoms with Crippen LogP contribution in [0, 0.1) is 0 Å². The first-order chi connectivity index (χ1) is 12.0. The number of hydrogen-bond donors (Lipinski definition) is 4. The van der Waals surface area contributed by atoms with Gasteiger partial charge in [-0.2, -0.15) is 5.10 Å². The molecule has 1 aliphatic heterocycles. The van der Waals surface area contributed by atoms with Gasteiger partial charge in [0.2, 0.25) is 0 Å². The fourth-order valence-corrected chi connectivity index (χ4v) is 3.46. The van der Waals surface area contributed by atoms with Gasteiger partial charge in [-0.15, -0.1) is 0 Å². The van der Waals surface area contributed by atoms with Crippen molar-refractivity contribution in [2.24, 2.45) is 5.73 Å². The van der Waals surface area contributed by atoms with Crippen molar-refractivity contribution >= 4 is 17.5 Å². The number of anilines is 1. The molecule has 0 fully saturated rings. The summed E-state index contributed by atoms with van der Waals surface area (Å²) in [6, 6.07) is 3.78. The number of rotatable bonds is 2. The van der Waals surface area contributed by atoms with E-state index in [0.29, 0.717) is 29.8 Å². The number of ketones is 1. The van der Waals surface area contributed by atoms with Gasteiger partial charge in [0.25, 0.3) is 5.91 Å². The second-order valence-electron chi connectivity index (χ2n) is 6.16. The average molecular weight is 340 g/mol. The normalized spacial score (nSPS) is 19.2. The van der Waals surface area contributed by atoms with Crippen LogP contribution in [0.4, 0.5) is 5.82 Å². The number of benzene rings is 1. The molecule has 2 heterocycles. The largest absolute Gasteiger partial charge is 0.504 e. The van der Waals surface area contributed by atoms with E-state index in [4.69, 9.17) is 5.73 Å². The molecule has 25 heavy (non-hydrogen) atoms. The Hall–Kier alpha value is -3.29. The zero-order valence-corrected chi connectivity index (χ0v) is 13.2. The van der Waals surface area contributed by atoms with Crippen LogP contribution in [0.1, 0.15) is 41.2 Å². The minimum atomic E-state index is -0.618. The highest BCUT2D eigenvalue weighted by Gasteiger charge is 2.37. The van der Waals surface area contributed by atoms with Gasteiger partial charge in [0.1, 0.15) is 17.4 Å². The third-order valence-corrected chi connectivity index (χ3v) is 4.62. The number of hydrogen-bond acceptors (Lipinski definition) is 6. The summed E-state index contributed by atoms with van der Waals surface area (Å²) in [5.74, 6) is -0.732. The van der Waals surface area contributed by atoms with Crippen molar-refractivity contribution in [1.82, 2.24) is 9.78 Å². The molecule has 4 rings (SSSR count). The lowest BCUT2D eigenvalue weighted by molar-refractivity contribution is -0.116. The van der Waals surface area contributed by atoms with Crippen LogP contribution in [0.25, 0.3) is 0 Å². The summed E-state index contributed by atoms with van der Waals surface area (Å²) in [5, 5.41) is 26.8. The third-order valence-electron chi connectivity index (χ3n) is 4.62. The molecule has 0 bridgehead atoms. The van der Waals surface area contributed by atoms with E-state index in [9.17, 15) is 19.8 Å². The van der Waals surface area contributed by atoms with Crippen LogP contribution in [-0.2, 0) is 4.79 Å². The molecule has 0 saturated carbocycles. The molecular formula is C17H16N4O4. The van der Waals surface area contributed by atoms with Crippen LogP contribution in [-0.4, -0.2) is 31.7 Å². The molecular weight excluding hydrogens is 324 g/mol. The predicted octanol–water partition coefficient (Wildman–Crippen LogP) is 1.42. The molecule has 8 heteroatoms. The lowest BCUT2D eigenvalue weighted by Crippen LogP contribution is -2.32. The van der Waals surface area contributed by atoms with Gasteiger partial charge in [-0.25, -0.2) is 4.68 Å². The monoisotopic (exact) mass is 340 g/mol. The van der Waals surface area contributed by atoms with Gasteiger partial charge in [0.05, 0.1) is 6.20 Å². The van der Waals surface area contributed by atoms with E-state index in [0.717, 1.165) is 12.1 Å². The minimum Gasteiger partial charge on any atom is -0.504 e. The van der Waals surface area contributed by atoms with Crippen LogP contribution in [0.5, 0.6) is 11.5 Å². The van der Waals surface area contributed by atoms with Crippen LogP contribution >= 0.6 is 0 Å². The number of primary amides is 1. The van der Waals surface area contributed by atoms with E-state index in [2.05, 4.69) is 10.4 Å². The quantitative estimate of drug-likeness (QED) is 0.612. The number of Topliss-reactive ketones (excluding diaryl/α,β-unsaturated/α-hetero) is 1. The van der Waals surface area contributed by atoms with Gasteiger partial charge in [0.15, 0.2) is 17.3 Å². The van der Waals surface area contributed by atoms with Gasteiger partial charge in [-0.05, 0) is 30.5 Å². The number of nitrogens with zero attached hydrogens (tertiary/aromatic N) is 2. The Morgan fingerprint density at radius 2 is 2.08 bits per heavy atom. The molecule has 2 aliphatic rings. The highest BCUT2D eigenvalue weighted by Crippen LogP contribution is 2.42. The van der Waals surface area contributed by atoms with Gasteiger partial charge in [-0.3, -0.25) is 9.59 Å². The van der Waals surface area contributed by atoms with Crippen molar-refractivity contribution in [3.63, 3.8) is 0 Å². The number of allylic oxidation sites excluding steroid dienone is 2. The maximum absolute atomic E-state index is 12.6. The molecule has 5 N–H and O–H groups in total. The van der Waals surface area contributed by atoms with Crippen molar-refractivity contribution < 1.29 is 19.8 Å². The van der Waals surface area contributed by atoms with Crippen LogP contribution in [0.2, 0.25) is 0 Å². The molecule has 0 unspecified atom stereocenters. The summed E-state index contributed by atoms with van der Waals surface area (Å²) < 4.78 is 1.52. The predicted molar refractivity (Wildman–Crippen MR) is 88.2 cm³/mol. The lowest BCUT2D eigenvalue weighted by atomic mass is 9.85. The highest BCUT2D eigenvalue weighted by atomic mass is 16.3. The summed E-state index contributed by atoms with van der Waals surface area (Å²) in [7, 11) is 0. The van der Waals surface area contributed by atoms with E-state index in [-0.39, 0.29) is 22.8 Å². The molecule has 1 aromatic carbocycles. The summed E-state index contributed by atoms with van der Waals surface area (Å²) in [4.78, 5) is 24.2. The summed E-state index contributed by atoms with van der Waals surface area (Å²) in [6.45, 7) is 0. The van der Waals surface area contributed by atoms with E-state index in [1.807, 2.05) is 0 Å². The number of aromatic nitrogens is 2. The summed E-state index contributed by atoms with van der Waals surface area (Å²) in [6.07, 6.45) is 3.19. The third kappa shape index (κ3) is 2.25. The van der Waals surface area contributed by atoms with E-state index < -0.39 is 11.9 Å². The molecule has 0 radical (unpaired) electrons. The van der Waals surface area contributed by atoms with Gasteiger partial charge in [0, 0.05) is 17.7 Å². The van der Waals surface area contributed by atoms with E-state index in [1.165, 1.54) is 23.0 Å². The minimum absolute atomic E-state index is 0.00640. The van der Waals surface area contributed by atoms with Crippen LogP contribution in [0.3, 0.4) is 0 Å². The Morgan fingerprint density at radius 1 is 1.28 bits per heavy atom. The summed E-state index contributed by atoms with van der Waals surface area (Å²) in [5.41, 5.74) is 7.53. The van der Waals surface area contributed by atoms with Crippen molar-refractivity contribution in [2.75, 3.05) is 5.32 Å². The standard InChI is InChI=1S/C17H16N4O4/c18-16(25)9-7-19-21-15(8-4-5-11(22)13(24)6-8)14-10(20-17(9)21)2-1-3-12(14)23/h4-7,15,20,22,24H,1-3H2,(H2,18,25)/t15-/m0/s1. The second-order valence-corrected chi connectivity index (χ2v) is 6.16. The van der Waals surface area contributed by atoms with E-state index >= 15 is 0 Å². The fraction of sp³-hybridized carbons (Fsp3) is 0.235. The molecule has 128 valence electrons. The first kappa shape index (κ1) is 15.3. The van der Waals surface area contributed by atoms with Crippen LogP contribution in [0.15, 0.2) is 35.7 Å². The Bertz CT molecular complexity index is 944. The van der Waals surface area contributed by atoms with Crippen molar-refractivity contribution in [1.29, 1.82) is 0 Å². The average Bonchev–Trinajstić information content (AvgIpc) is 2.99. The van der Waals surface area contributed by atoms with Crippen molar-refractivity contribution in [2.45, 2.75) is 25.3 Å². The van der Waals surface area contributed by atoms with Gasteiger partial charge >= 0.3 is 0 Å². The number of carbonyl (C=O) groups excluding carboxylic acids is 2. The molecule has 1 aromatic heterocycles. The zero-order chi connectivity index (χ0) is 17.7.